The molecule has 0 atom stereocenters. The molecule has 3 fully saturated rings. The summed E-state index contributed by atoms with van der Waals surface area (Å²) in [6.07, 6.45) is 4.38. The van der Waals surface area contributed by atoms with Gasteiger partial charge in [0.25, 0.3) is 0 Å². The van der Waals surface area contributed by atoms with Gasteiger partial charge in [-0.1, -0.05) is 11.6 Å². The van der Waals surface area contributed by atoms with E-state index in [2.05, 4.69) is 14.9 Å². The zero-order chi connectivity index (χ0) is 12.8. The number of hydrogen-bond acceptors (Lipinski definition) is 4. The van der Waals surface area contributed by atoms with Gasteiger partial charge in [-0.3, -0.25) is 0 Å². The Labute approximate surface area is 116 Å². The van der Waals surface area contributed by atoms with Gasteiger partial charge in [0.15, 0.2) is 0 Å². The molecule has 0 aromatic carbocycles. The maximum atomic E-state index is 9.79. The number of anilines is 1. The maximum Gasteiger partial charge on any atom is 0.225 e. The van der Waals surface area contributed by atoms with Crippen LogP contribution in [-0.4, -0.2) is 33.8 Å². The Morgan fingerprint density at radius 2 is 2.06 bits per heavy atom. The van der Waals surface area contributed by atoms with Gasteiger partial charge in [0.1, 0.15) is 11.0 Å². The molecule has 0 unspecified atom stereocenters. The zero-order valence-corrected chi connectivity index (χ0v) is 11.5. The van der Waals surface area contributed by atoms with Crippen LogP contribution in [0.3, 0.4) is 0 Å². The van der Waals surface area contributed by atoms with Crippen molar-refractivity contribution in [3.63, 3.8) is 0 Å². The van der Waals surface area contributed by atoms with Crippen molar-refractivity contribution in [1.29, 1.82) is 0 Å². The number of halogens is 2. The van der Waals surface area contributed by atoms with Crippen LogP contribution >= 0.6 is 23.2 Å². The Kier molecular flexibility index (Phi) is 3.12. The largest absolute Gasteiger partial charge is 0.394 e. The van der Waals surface area contributed by atoms with E-state index in [0.717, 1.165) is 25.2 Å². The van der Waals surface area contributed by atoms with E-state index in [1.807, 2.05) is 0 Å². The van der Waals surface area contributed by atoms with Crippen molar-refractivity contribution in [2.75, 3.05) is 18.1 Å². The van der Waals surface area contributed by atoms with Crippen LogP contribution in [0.5, 0.6) is 0 Å². The summed E-state index contributed by atoms with van der Waals surface area (Å²) in [4.78, 5) is 10.3. The van der Waals surface area contributed by atoms with Crippen LogP contribution in [0.15, 0.2) is 6.07 Å². The Bertz CT molecular complexity index is 440. The summed E-state index contributed by atoms with van der Waals surface area (Å²) in [6, 6.07) is 1.73. The monoisotopic (exact) mass is 287 g/mol. The highest BCUT2D eigenvalue weighted by Crippen LogP contribution is 2.44. The quantitative estimate of drug-likeness (QED) is 0.671. The number of aliphatic hydroxyl groups is 1. The molecule has 1 aromatic heterocycles. The fourth-order valence-electron chi connectivity index (χ4n) is 3.22. The number of fused-ring (bicyclic) bond motifs is 3. The van der Waals surface area contributed by atoms with Gasteiger partial charge in [0.05, 0.1) is 12.1 Å². The van der Waals surface area contributed by atoms with Crippen LogP contribution < -0.4 is 4.90 Å². The Morgan fingerprint density at radius 1 is 1.33 bits per heavy atom. The molecule has 18 heavy (non-hydrogen) atoms. The summed E-state index contributed by atoms with van der Waals surface area (Å²) in [7, 11) is 0. The molecule has 3 heterocycles. The van der Waals surface area contributed by atoms with Gasteiger partial charge in [0.2, 0.25) is 5.28 Å². The summed E-state index contributed by atoms with van der Waals surface area (Å²) in [5, 5.41) is 10.3. The highest BCUT2D eigenvalue weighted by molar-refractivity contribution is 6.32. The number of aliphatic hydroxyl groups excluding tert-OH is 1. The molecule has 0 spiro atoms. The van der Waals surface area contributed by atoms with Crippen molar-refractivity contribution in [3.05, 3.63) is 16.5 Å². The van der Waals surface area contributed by atoms with Crippen LogP contribution in [0.4, 0.5) is 5.82 Å². The smallest absolute Gasteiger partial charge is 0.225 e. The van der Waals surface area contributed by atoms with Crippen LogP contribution in [0.25, 0.3) is 0 Å². The highest BCUT2D eigenvalue weighted by atomic mass is 35.5. The second-order valence-corrected chi connectivity index (χ2v) is 5.98. The third-order valence-corrected chi connectivity index (χ3v) is 4.64. The van der Waals surface area contributed by atoms with Crippen LogP contribution in [0.2, 0.25) is 10.4 Å². The van der Waals surface area contributed by atoms with Crippen LogP contribution in [0, 0.1) is 5.92 Å². The third kappa shape index (κ3) is 1.96. The van der Waals surface area contributed by atoms with E-state index < -0.39 is 0 Å². The fraction of sp³-hybridized carbons (Fsp3) is 0.667. The lowest BCUT2D eigenvalue weighted by Gasteiger charge is -2.54. The predicted octanol–water partition coefficient (Wildman–Crippen LogP) is 2.52. The Hall–Kier alpha value is -0.580. The van der Waals surface area contributed by atoms with E-state index >= 15 is 0 Å². The first-order valence-corrected chi connectivity index (χ1v) is 6.97. The molecule has 2 saturated heterocycles. The van der Waals surface area contributed by atoms with Gasteiger partial charge in [-0.15, -0.1) is 0 Å². The topological polar surface area (TPSA) is 49.2 Å². The van der Waals surface area contributed by atoms with E-state index in [0.29, 0.717) is 11.1 Å². The van der Waals surface area contributed by atoms with Crippen molar-refractivity contribution in [3.8, 4) is 0 Å². The van der Waals surface area contributed by atoms with E-state index in [-0.39, 0.29) is 17.4 Å². The molecule has 1 N–H and O–H groups in total. The molecule has 1 saturated carbocycles. The third-order valence-electron chi connectivity index (χ3n) is 4.27. The first-order valence-electron chi connectivity index (χ1n) is 6.21. The van der Waals surface area contributed by atoms with Gasteiger partial charge in [0, 0.05) is 12.6 Å². The van der Waals surface area contributed by atoms with Crippen molar-refractivity contribution in [1.82, 2.24) is 9.97 Å². The molecular weight excluding hydrogens is 273 g/mol. The molecule has 6 heteroatoms. The lowest BCUT2D eigenvalue weighted by atomic mass is 9.71. The van der Waals surface area contributed by atoms with Gasteiger partial charge >= 0.3 is 0 Å². The van der Waals surface area contributed by atoms with E-state index in [4.69, 9.17) is 23.2 Å². The standard InChI is InChI=1S/C12H15Cl2N3O/c13-9-5-10(16-11(14)15-9)17-6-8-1-3-12(17,7-18)4-2-8/h5,8,18H,1-4,6-7H2. The molecule has 4 nitrogen and oxygen atoms in total. The number of nitrogens with zero attached hydrogens (tertiary/aromatic N) is 3. The van der Waals surface area contributed by atoms with Gasteiger partial charge in [-0.25, -0.2) is 9.97 Å². The van der Waals surface area contributed by atoms with Crippen molar-refractivity contribution < 1.29 is 5.11 Å². The summed E-state index contributed by atoms with van der Waals surface area (Å²) >= 11 is 11.8. The molecule has 98 valence electrons. The molecule has 0 radical (unpaired) electrons. The van der Waals surface area contributed by atoms with E-state index in [1.54, 1.807) is 6.07 Å². The second-order valence-electron chi connectivity index (χ2n) is 5.25. The normalized spacial score (nSPS) is 30.8. The lowest BCUT2D eigenvalue weighted by Crippen LogP contribution is -2.61. The maximum absolute atomic E-state index is 9.79. The van der Waals surface area contributed by atoms with Gasteiger partial charge < -0.3 is 10.0 Å². The highest BCUT2D eigenvalue weighted by Gasteiger charge is 2.46. The first-order chi connectivity index (χ1) is 8.63. The number of hydrogen-bond donors (Lipinski definition) is 1. The summed E-state index contributed by atoms with van der Waals surface area (Å²) in [6.45, 7) is 1.07. The van der Waals surface area contributed by atoms with Crippen LogP contribution in [0.1, 0.15) is 25.7 Å². The minimum atomic E-state index is -0.185. The van der Waals surface area contributed by atoms with Crippen molar-refractivity contribution in [2.24, 2.45) is 5.92 Å². The molecular formula is C12H15Cl2N3O. The minimum absolute atomic E-state index is 0.152. The SMILES string of the molecule is OCC12CCC(CC1)CN2c1cc(Cl)nc(Cl)n1. The minimum Gasteiger partial charge on any atom is -0.394 e. The summed E-state index contributed by atoms with van der Waals surface area (Å²) in [5.74, 6) is 1.42. The van der Waals surface area contributed by atoms with E-state index in [1.165, 1.54) is 12.8 Å². The number of aromatic nitrogens is 2. The average molecular weight is 288 g/mol. The molecule has 0 amide bonds. The predicted molar refractivity (Wildman–Crippen MR) is 71.2 cm³/mol. The van der Waals surface area contributed by atoms with Crippen molar-refractivity contribution in [2.45, 2.75) is 31.2 Å². The summed E-state index contributed by atoms with van der Waals surface area (Å²) in [5.41, 5.74) is -0.185. The molecule has 2 bridgehead atoms. The summed E-state index contributed by atoms with van der Waals surface area (Å²) < 4.78 is 0. The molecule has 4 rings (SSSR count). The second kappa shape index (κ2) is 4.51. The molecule has 3 aliphatic rings. The molecule has 1 aromatic rings. The van der Waals surface area contributed by atoms with Crippen LogP contribution in [-0.2, 0) is 0 Å². The zero-order valence-electron chi connectivity index (χ0n) is 9.94. The van der Waals surface area contributed by atoms with E-state index in [9.17, 15) is 5.11 Å². The molecule has 2 aliphatic heterocycles. The Morgan fingerprint density at radius 3 is 2.67 bits per heavy atom. The average Bonchev–Trinajstić information content (AvgIpc) is 2.39. The fourth-order valence-corrected chi connectivity index (χ4v) is 3.61. The first kappa shape index (κ1) is 12.5. The lowest BCUT2D eigenvalue weighted by molar-refractivity contribution is 0.0890. The molecule has 1 aliphatic carbocycles. The number of rotatable bonds is 2. The van der Waals surface area contributed by atoms with Crippen molar-refractivity contribution >= 4 is 29.0 Å². The van der Waals surface area contributed by atoms with Gasteiger partial charge in [-0.05, 0) is 43.2 Å². The van der Waals surface area contributed by atoms with Gasteiger partial charge in [-0.2, -0.15) is 0 Å². The Balaban J connectivity index is 1.99. The number of piperidine rings is 2.